The molecule has 1 saturated carbocycles. The van der Waals surface area contributed by atoms with E-state index in [-0.39, 0.29) is 22.0 Å². The topological polar surface area (TPSA) is 71.5 Å². The Balaban J connectivity index is 1.49. The number of nitrogens with one attached hydrogen (secondary N) is 1. The summed E-state index contributed by atoms with van der Waals surface area (Å²) in [7, 11) is 0. The number of cyclic esters (lactones) is 1. The lowest BCUT2D eigenvalue weighted by Crippen LogP contribution is -2.64. The zero-order valence-corrected chi connectivity index (χ0v) is 27.6. The fraction of sp³-hybridized carbons (Fsp3) is 0.342. The van der Waals surface area contributed by atoms with Crippen LogP contribution >= 0.6 is 23.2 Å². The van der Waals surface area contributed by atoms with Crippen molar-refractivity contribution in [2.24, 2.45) is 5.41 Å². The Kier molecular flexibility index (Phi) is 7.07. The van der Waals surface area contributed by atoms with Crippen molar-refractivity contribution in [3.63, 3.8) is 0 Å². The van der Waals surface area contributed by atoms with E-state index in [1.807, 2.05) is 66.7 Å². The minimum Gasteiger partial charge on any atom is -0.454 e. The number of benzene rings is 3. The van der Waals surface area contributed by atoms with E-state index >= 15 is 9.18 Å². The highest BCUT2D eigenvalue weighted by Gasteiger charge is 2.78. The van der Waals surface area contributed by atoms with Gasteiger partial charge in [0.05, 0.1) is 6.04 Å². The standard InChI is InChI=1S/C38H34Cl2FN3O3/c1-36(2)16-18-37(19-17-36)38(26-14-13-24(39)21-27(26)43-35(38)46)28(25-15-20-42-33(40)29(25)41)31-34(45)47-32(23-11-7-4-8-12-23)30(44(31)37)22-9-5-3-6-10-22/h3-15,20-21,28,30-32H,16-19H2,1-2H3,(H,43,46)/t28-,30+,31+,32-,38+/m0/s1. The van der Waals surface area contributed by atoms with E-state index in [2.05, 4.69) is 29.0 Å². The van der Waals surface area contributed by atoms with Gasteiger partial charge in [-0.05, 0) is 71.6 Å². The molecule has 2 spiro atoms. The third-order valence-corrected chi connectivity index (χ3v) is 11.8. The molecule has 8 rings (SSSR count). The summed E-state index contributed by atoms with van der Waals surface area (Å²) in [4.78, 5) is 36.2. The van der Waals surface area contributed by atoms with E-state index in [1.54, 1.807) is 18.2 Å². The Hall–Kier alpha value is -3.78. The van der Waals surface area contributed by atoms with Crippen molar-refractivity contribution in [2.45, 2.75) is 74.6 Å². The average Bonchev–Trinajstić information content (AvgIpc) is 3.50. The van der Waals surface area contributed by atoms with Crippen LogP contribution in [0.5, 0.6) is 0 Å². The van der Waals surface area contributed by atoms with Crippen LogP contribution < -0.4 is 5.32 Å². The lowest BCUT2D eigenvalue weighted by Gasteiger charge is -2.57. The van der Waals surface area contributed by atoms with Crippen molar-refractivity contribution in [1.29, 1.82) is 0 Å². The molecular weight excluding hydrogens is 636 g/mol. The third-order valence-electron chi connectivity index (χ3n) is 11.3. The number of esters is 1. The summed E-state index contributed by atoms with van der Waals surface area (Å²) in [6.45, 7) is 4.49. The first-order valence-corrected chi connectivity index (χ1v) is 16.8. The second-order valence-corrected chi connectivity index (χ2v) is 14.9. The van der Waals surface area contributed by atoms with Gasteiger partial charge >= 0.3 is 5.97 Å². The highest BCUT2D eigenvalue weighted by Crippen LogP contribution is 2.71. The Morgan fingerprint density at radius 1 is 0.872 bits per heavy atom. The zero-order valence-electron chi connectivity index (χ0n) is 26.1. The van der Waals surface area contributed by atoms with Crippen molar-refractivity contribution in [1.82, 2.24) is 9.88 Å². The molecule has 240 valence electrons. The van der Waals surface area contributed by atoms with Crippen LogP contribution in [-0.4, -0.2) is 33.3 Å². The molecule has 3 aliphatic heterocycles. The molecule has 4 aromatic rings. The van der Waals surface area contributed by atoms with Crippen LogP contribution in [0.3, 0.4) is 0 Å². The molecular formula is C38H34Cl2FN3O3. The lowest BCUT2D eigenvalue weighted by atomic mass is 9.53. The predicted molar refractivity (Wildman–Crippen MR) is 179 cm³/mol. The number of ether oxygens (including phenoxy) is 1. The molecule has 3 aromatic carbocycles. The highest BCUT2D eigenvalue weighted by molar-refractivity contribution is 6.31. The van der Waals surface area contributed by atoms with E-state index in [0.29, 0.717) is 29.1 Å². The van der Waals surface area contributed by atoms with Crippen molar-refractivity contribution >= 4 is 40.8 Å². The van der Waals surface area contributed by atoms with Crippen molar-refractivity contribution in [3.05, 3.63) is 129 Å². The Morgan fingerprint density at radius 2 is 1.53 bits per heavy atom. The van der Waals surface area contributed by atoms with Gasteiger partial charge in [0.2, 0.25) is 5.91 Å². The molecule has 0 radical (unpaired) electrons. The molecule has 9 heteroatoms. The van der Waals surface area contributed by atoms with Crippen LogP contribution in [0.1, 0.15) is 79.8 Å². The number of amides is 1. The summed E-state index contributed by atoms with van der Waals surface area (Å²) in [5, 5.41) is 3.30. The minimum atomic E-state index is -1.39. The number of anilines is 1. The number of rotatable bonds is 3. The lowest BCUT2D eigenvalue weighted by molar-refractivity contribution is -0.184. The maximum Gasteiger partial charge on any atom is 0.324 e. The first-order chi connectivity index (χ1) is 22.6. The number of fused-ring (bicyclic) bond motifs is 5. The number of pyridine rings is 1. The number of morpholine rings is 1. The summed E-state index contributed by atoms with van der Waals surface area (Å²) in [5.74, 6) is -2.50. The van der Waals surface area contributed by atoms with Crippen LogP contribution in [-0.2, 0) is 19.7 Å². The van der Waals surface area contributed by atoms with Crippen molar-refractivity contribution in [3.8, 4) is 0 Å². The largest absolute Gasteiger partial charge is 0.454 e. The van der Waals surface area contributed by atoms with Crippen LogP contribution in [0, 0.1) is 11.2 Å². The number of aromatic nitrogens is 1. The number of hydrogen-bond donors (Lipinski definition) is 1. The smallest absolute Gasteiger partial charge is 0.324 e. The molecule has 3 fully saturated rings. The number of carbonyl (C=O) groups excluding carboxylic acids is 2. The van der Waals surface area contributed by atoms with Gasteiger partial charge in [0.15, 0.2) is 11.0 Å². The number of nitrogens with zero attached hydrogens (tertiary/aromatic N) is 2. The molecule has 6 nitrogen and oxygen atoms in total. The van der Waals surface area contributed by atoms with Gasteiger partial charge < -0.3 is 10.1 Å². The first kappa shape index (κ1) is 30.5. The maximum atomic E-state index is 16.5. The Labute approximate surface area is 283 Å². The van der Waals surface area contributed by atoms with Gasteiger partial charge in [0.25, 0.3) is 0 Å². The molecule has 4 heterocycles. The van der Waals surface area contributed by atoms with Gasteiger partial charge in [-0.15, -0.1) is 0 Å². The van der Waals surface area contributed by atoms with E-state index in [9.17, 15) is 4.79 Å². The Bertz CT molecular complexity index is 1900. The summed E-state index contributed by atoms with van der Waals surface area (Å²) in [6, 6.07) is 25.2. The average molecular weight is 671 g/mol. The quantitative estimate of drug-likeness (QED) is 0.175. The van der Waals surface area contributed by atoms with Gasteiger partial charge in [0.1, 0.15) is 17.6 Å². The van der Waals surface area contributed by atoms with E-state index < -0.39 is 46.8 Å². The normalized spacial score (nSPS) is 29.0. The Morgan fingerprint density at radius 3 is 2.21 bits per heavy atom. The van der Waals surface area contributed by atoms with Crippen LogP contribution in [0.2, 0.25) is 10.2 Å². The molecule has 2 saturated heterocycles. The first-order valence-electron chi connectivity index (χ1n) is 16.1. The predicted octanol–water partition coefficient (Wildman–Crippen LogP) is 8.56. The van der Waals surface area contributed by atoms with Gasteiger partial charge in [-0.3, -0.25) is 14.5 Å². The number of carbonyl (C=O) groups is 2. The molecule has 5 atom stereocenters. The van der Waals surface area contributed by atoms with Gasteiger partial charge in [-0.1, -0.05) is 104 Å². The number of halogens is 3. The summed E-state index contributed by atoms with van der Waals surface area (Å²) >= 11 is 12.9. The summed E-state index contributed by atoms with van der Waals surface area (Å²) in [6.07, 6.45) is 3.56. The van der Waals surface area contributed by atoms with Crippen LogP contribution in [0.15, 0.2) is 91.1 Å². The molecule has 1 aromatic heterocycles. The van der Waals surface area contributed by atoms with E-state index in [4.69, 9.17) is 27.9 Å². The van der Waals surface area contributed by atoms with E-state index in [1.165, 1.54) is 6.20 Å². The fourth-order valence-corrected chi connectivity index (χ4v) is 9.61. The second kappa shape index (κ2) is 10.9. The molecule has 1 N–H and O–H groups in total. The zero-order chi connectivity index (χ0) is 32.7. The van der Waals surface area contributed by atoms with Gasteiger partial charge in [-0.2, -0.15) is 0 Å². The van der Waals surface area contributed by atoms with Crippen LogP contribution in [0.4, 0.5) is 10.1 Å². The van der Waals surface area contributed by atoms with Gasteiger partial charge in [0, 0.05) is 28.4 Å². The third kappa shape index (κ3) is 4.29. The van der Waals surface area contributed by atoms with Gasteiger partial charge in [-0.25, -0.2) is 9.37 Å². The monoisotopic (exact) mass is 669 g/mol. The fourth-order valence-electron chi connectivity index (χ4n) is 9.28. The molecule has 4 aliphatic rings. The number of hydrogen-bond acceptors (Lipinski definition) is 5. The minimum absolute atomic E-state index is 0.000521. The van der Waals surface area contributed by atoms with Crippen LogP contribution in [0.25, 0.3) is 0 Å². The van der Waals surface area contributed by atoms with Crippen molar-refractivity contribution < 1.29 is 18.7 Å². The highest BCUT2D eigenvalue weighted by atomic mass is 35.5. The maximum absolute atomic E-state index is 16.5. The molecule has 1 aliphatic carbocycles. The summed E-state index contributed by atoms with van der Waals surface area (Å²) in [5.41, 5.74) is 0.922. The summed E-state index contributed by atoms with van der Waals surface area (Å²) < 4.78 is 23.0. The molecule has 0 unspecified atom stereocenters. The molecule has 1 amide bonds. The van der Waals surface area contributed by atoms with E-state index in [0.717, 1.165) is 24.0 Å². The second-order valence-electron chi connectivity index (χ2n) is 14.1. The molecule has 0 bridgehead atoms. The SMILES string of the molecule is CC1(C)CCC2(CC1)N1[C@H](c3ccccc3)[C@H](c3ccccc3)OC(=O)[C@H]1[C@H](c1ccnc(Cl)c1F)[C@]21C(=O)Nc2cc(Cl)ccc21. The van der Waals surface area contributed by atoms with Crippen molar-refractivity contribution in [2.75, 3.05) is 5.32 Å². The molecule has 47 heavy (non-hydrogen) atoms.